The number of ether oxygens (including phenoxy) is 1. The van der Waals surface area contributed by atoms with Gasteiger partial charge in [0.05, 0.1) is 23.6 Å². The molecule has 9 heteroatoms. The number of pyridine rings is 1. The molecule has 30 heavy (non-hydrogen) atoms. The molecule has 3 aromatic rings. The SMILES string of the molecule is COCC(C)N(Cc1ccccc1F)C(=O)c1cc(C)nc2c1c(=O)[nH]c(=O)n2C. The number of hydrogen-bond acceptors (Lipinski definition) is 5. The lowest BCUT2D eigenvalue weighted by Crippen LogP contribution is -2.41. The lowest BCUT2D eigenvalue weighted by molar-refractivity contribution is 0.0541. The van der Waals surface area contributed by atoms with Crippen molar-refractivity contribution in [3.63, 3.8) is 0 Å². The lowest BCUT2D eigenvalue weighted by Gasteiger charge is -2.29. The second-order valence-corrected chi connectivity index (χ2v) is 7.16. The average Bonchev–Trinajstić information content (AvgIpc) is 2.70. The number of carbonyl (C=O) groups excluding carboxylic acids is 1. The van der Waals surface area contributed by atoms with Gasteiger partial charge in [-0.1, -0.05) is 18.2 Å². The van der Waals surface area contributed by atoms with E-state index in [0.717, 1.165) is 0 Å². The van der Waals surface area contributed by atoms with Gasteiger partial charge >= 0.3 is 5.69 Å². The van der Waals surface area contributed by atoms with Gasteiger partial charge in [0.1, 0.15) is 11.5 Å². The summed E-state index contributed by atoms with van der Waals surface area (Å²) in [7, 11) is 2.97. The number of amides is 1. The van der Waals surface area contributed by atoms with Crippen LogP contribution in [0.2, 0.25) is 0 Å². The first kappa shape index (κ1) is 21.4. The summed E-state index contributed by atoms with van der Waals surface area (Å²) in [6.07, 6.45) is 0. The number of aromatic amines is 1. The fourth-order valence-corrected chi connectivity index (χ4v) is 3.36. The van der Waals surface area contributed by atoms with E-state index in [1.165, 1.54) is 35.8 Å². The van der Waals surface area contributed by atoms with E-state index >= 15 is 0 Å². The predicted octanol–water partition coefficient (Wildman–Crippen LogP) is 1.75. The molecule has 158 valence electrons. The summed E-state index contributed by atoms with van der Waals surface area (Å²) in [6, 6.07) is 7.28. The molecule has 1 atom stereocenters. The van der Waals surface area contributed by atoms with E-state index < -0.39 is 29.0 Å². The molecule has 0 bridgehead atoms. The Balaban J connectivity index is 2.18. The van der Waals surface area contributed by atoms with Crippen LogP contribution in [0.1, 0.15) is 28.5 Å². The molecule has 0 aliphatic carbocycles. The lowest BCUT2D eigenvalue weighted by atomic mass is 10.1. The van der Waals surface area contributed by atoms with Crippen LogP contribution in [0.3, 0.4) is 0 Å². The monoisotopic (exact) mass is 414 g/mol. The van der Waals surface area contributed by atoms with Crippen molar-refractivity contribution < 1.29 is 13.9 Å². The van der Waals surface area contributed by atoms with E-state index in [2.05, 4.69) is 9.97 Å². The molecule has 2 aromatic heterocycles. The summed E-state index contributed by atoms with van der Waals surface area (Å²) < 4.78 is 20.6. The van der Waals surface area contributed by atoms with Gasteiger partial charge in [-0.15, -0.1) is 0 Å². The van der Waals surface area contributed by atoms with Crippen molar-refractivity contribution in [3.8, 4) is 0 Å². The van der Waals surface area contributed by atoms with E-state index in [1.54, 1.807) is 32.0 Å². The minimum absolute atomic E-state index is 0.0100. The Morgan fingerprint density at radius 1 is 1.33 bits per heavy atom. The van der Waals surface area contributed by atoms with E-state index in [-0.39, 0.29) is 29.7 Å². The molecular weight excluding hydrogens is 391 g/mol. The number of rotatable bonds is 6. The van der Waals surface area contributed by atoms with Gasteiger partial charge in [0.15, 0.2) is 0 Å². The summed E-state index contributed by atoms with van der Waals surface area (Å²) in [5, 5.41) is 0.0100. The highest BCUT2D eigenvalue weighted by atomic mass is 19.1. The summed E-state index contributed by atoms with van der Waals surface area (Å²) in [4.78, 5) is 46.0. The average molecular weight is 414 g/mol. The number of benzene rings is 1. The molecule has 0 radical (unpaired) electrons. The van der Waals surface area contributed by atoms with Crippen LogP contribution in [0, 0.1) is 12.7 Å². The molecule has 1 N–H and O–H groups in total. The smallest absolute Gasteiger partial charge is 0.329 e. The number of methoxy groups -OCH3 is 1. The van der Waals surface area contributed by atoms with Crippen molar-refractivity contribution in [2.45, 2.75) is 26.4 Å². The van der Waals surface area contributed by atoms with Crippen LogP contribution in [0.25, 0.3) is 11.0 Å². The number of nitrogens with zero attached hydrogens (tertiary/aromatic N) is 3. The first-order chi connectivity index (χ1) is 14.2. The molecule has 0 aliphatic heterocycles. The maximum atomic E-state index is 14.3. The van der Waals surface area contributed by atoms with Crippen molar-refractivity contribution in [3.05, 3.63) is 73.8 Å². The Kier molecular flexibility index (Phi) is 6.12. The molecule has 0 fully saturated rings. The van der Waals surface area contributed by atoms with Crippen LogP contribution in [0.4, 0.5) is 4.39 Å². The fourth-order valence-electron chi connectivity index (χ4n) is 3.36. The number of hydrogen-bond donors (Lipinski definition) is 1. The molecule has 1 unspecified atom stereocenters. The molecule has 0 saturated carbocycles. The van der Waals surface area contributed by atoms with Crippen molar-refractivity contribution >= 4 is 16.9 Å². The van der Waals surface area contributed by atoms with Gasteiger partial charge in [-0.2, -0.15) is 0 Å². The minimum Gasteiger partial charge on any atom is -0.383 e. The maximum Gasteiger partial charge on any atom is 0.329 e. The number of fused-ring (bicyclic) bond motifs is 1. The number of H-pyrrole nitrogens is 1. The van der Waals surface area contributed by atoms with Gasteiger partial charge in [-0.3, -0.25) is 19.1 Å². The zero-order valence-electron chi connectivity index (χ0n) is 17.2. The maximum absolute atomic E-state index is 14.3. The molecule has 8 nitrogen and oxygen atoms in total. The summed E-state index contributed by atoms with van der Waals surface area (Å²) in [5.74, 6) is -0.918. The summed E-state index contributed by atoms with van der Waals surface area (Å²) in [6.45, 7) is 3.65. The third kappa shape index (κ3) is 4.02. The highest BCUT2D eigenvalue weighted by Crippen LogP contribution is 2.20. The molecule has 2 heterocycles. The Morgan fingerprint density at radius 3 is 2.70 bits per heavy atom. The summed E-state index contributed by atoms with van der Waals surface area (Å²) in [5.41, 5.74) is -0.318. The summed E-state index contributed by atoms with van der Waals surface area (Å²) >= 11 is 0. The second-order valence-electron chi connectivity index (χ2n) is 7.16. The third-order valence-electron chi connectivity index (χ3n) is 4.93. The predicted molar refractivity (Wildman–Crippen MR) is 110 cm³/mol. The van der Waals surface area contributed by atoms with Crippen molar-refractivity contribution in [1.82, 2.24) is 19.4 Å². The topological polar surface area (TPSA) is 97.3 Å². The zero-order chi connectivity index (χ0) is 22.0. The van der Waals surface area contributed by atoms with E-state index in [0.29, 0.717) is 11.3 Å². The van der Waals surface area contributed by atoms with Gasteiger partial charge in [-0.05, 0) is 26.0 Å². The molecule has 3 rings (SSSR count). The number of nitrogens with one attached hydrogen (secondary N) is 1. The Bertz CT molecular complexity index is 1220. The van der Waals surface area contributed by atoms with Crippen LogP contribution < -0.4 is 11.2 Å². The molecule has 0 aliphatic rings. The van der Waals surface area contributed by atoms with Crippen LogP contribution in [0.15, 0.2) is 39.9 Å². The van der Waals surface area contributed by atoms with Crippen LogP contribution in [0.5, 0.6) is 0 Å². The molecule has 0 saturated heterocycles. The van der Waals surface area contributed by atoms with E-state index in [1.807, 2.05) is 0 Å². The molecule has 1 amide bonds. The van der Waals surface area contributed by atoms with Crippen LogP contribution in [-0.2, 0) is 18.3 Å². The number of aromatic nitrogens is 3. The Morgan fingerprint density at radius 2 is 2.03 bits per heavy atom. The van der Waals surface area contributed by atoms with Gasteiger partial charge in [0.25, 0.3) is 11.5 Å². The van der Waals surface area contributed by atoms with Crippen LogP contribution >= 0.6 is 0 Å². The number of aryl methyl sites for hydroxylation is 2. The molecule has 0 spiro atoms. The van der Waals surface area contributed by atoms with Gasteiger partial charge in [0.2, 0.25) is 0 Å². The molecular formula is C21H23FN4O4. The quantitative estimate of drug-likeness (QED) is 0.663. The first-order valence-electron chi connectivity index (χ1n) is 9.38. The number of carbonyl (C=O) groups is 1. The second kappa shape index (κ2) is 8.58. The van der Waals surface area contributed by atoms with Gasteiger partial charge in [0, 0.05) is 32.0 Å². The zero-order valence-corrected chi connectivity index (χ0v) is 17.2. The first-order valence-corrected chi connectivity index (χ1v) is 9.38. The van der Waals surface area contributed by atoms with Crippen molar-refractivity contribution in [1.29, 1.82) is 0 Å². The van der Waals surface area contributed by atoms with E-state index in [4.69, 9.17) is 4.74 Å². The standard InChI is InChI=1S/C21H23FN4O4/c1-12-9-15(17-18(23-12)25(3)21(29)24-19(17)27)20(28)26(13(2)11-30-4)10-14-7-5-6-8-16(14)22/h5-9,13H,10-11H2,1-4H3,(H,24,27,29). The van der Waals surface area contributed by atoms with Gasteiger partial charge in [-0.25, -0.2) is 14.2 Å². The highest BCUT2D eigenvalue weighted by molar-refractivity contribution is 6.05. The largest absolute Gasteiger partial charge is 0.383 e. The number of halogens is 1. The van der Waals surface area contributed by atoms with Crippen molar-refractivity contribution in [2.24, 2.45) is 7.05 Å². The van der Waals surface area contributed by atoms with Crippen molar-refractivity contribution in [2.75, 3.05) is 13.7 Å². The normalized spacial score (nSPS) is 12.2. The van der Waals surface area contributed by atoms with Gasteiger partial charge < -0.3 is 9.64 Å². The van der Waals surface area contributed by atoms with Crippen LogP contribution in [-0.4, -0.2) is 45.1 Å². The van der Waals surface area contributed by atoms with E-state index in [9.17, 15) is 18.8 Å². The fraction of sp³-hybridized carbons (Fsp3) is 0.333. The Labute approximate surface area is 171 Å². The third-order valence-corrected chi connectivity index (χ3v) is 4.93. The molecule has 1 aromatic carbocycles. The highest BCUT2D eigenvalue weighted by Gasteiger charge is 2.26. The Hall–Kier alpha value is -3.33. The minimum atomic E-state index is -0.700.